The summed E-state index contributed by atoms with van der Waals surface area (Å²) in [5.41, 5.74) is -1.83. The van der Waals surface area contributed by atoms with Crippen molar-refractivity contribution in [2.75, 3.05) is 19.8 Å². The van der Waals surface area contributed by atoms with Crippen LogP contribution in [-0.2, 0) is 13.8 Å². The molecule has 192 valence electrons. The van der Waals surface area contributed by atoms with Gasteiger partial charge in [0.15, 0.2) is 0 Å². The van der Waals surface area contributed by atoms with E-state index in [-0.39, 0.29) is 13.2 Å². The quantitative estimate of drug-likeness (QED) is 0.0953. The van der Waals surface area contributed by atoms with Gasteiger partial charge in [0.05, 0.1) is 13.2 Å². The molecule has 0 saturated carbocycles. The fraction of sp³-hybridized carbons (Fsp3) is 0.960. The molecule has 0 aliphatic carbocycles. The molecule has 0 aliphatic rings. The minimum Gasteiger partial charge on any atom is -0.472 e. The van der Waals surface area contributed by atoms with Crippen LogP contribution in [0.4, 0.5) is 4.79 Å². The second kappa shape index (κ2) is 23.7. The van der Waals surface area contributed by atoms with Crippen LogP contribution >= 0.6 is 7.60 Å². The molecule has 0 amide bonds. The zero-order chi connectivity index (χ0) is 23.8. The maximum absolute atomic E-state index is 11.0. The summed E-state index contributed by atoms with van der Waals surface area (Å²) in [7, 11) is -4.53. The van der Waals surface area contributed by atoms with Crippen LogP contribution in [0.25, 0.3) is 0 Å². The molecule has 2 N–H and O–H groups in total. The van der Waals surface area contributed by atoms with Gasteiger partial charge >= 0.3 is 13.3 Å². The summed E-state index contributed by atoms with van der Waals surface area (Å²) in [6.07, 6.45) is 27.0. The van der Waals surface area contributed by atoms with Crippen molar-refractivity contribution in [1.29, 1.82) is 0 Å². The van der Waals surface area contributed by atoms with Gasteiger partial charge in [-0.25, -0.2) is 9.36 Å². The Morgan fingerprint density at radius 3 is 1.28 bits per heavy atom. The number of carboxylic acid groups (broad SMARTS) is 1. The second-order valence-electron chi connectivity index (χ2n) is 8.97. The highest BCUT2D eigenvalue weighted by Gasteiger charge is 2.29. The molecule has 0 heterocycles. The van der Waals surface area contributed by atoms with Gasteiger partial charge in [-0.1, -0.05) is 129 Å². The first-order valence-electron chi connectivity index (χ1n) is 13.3. The molecule has 0 aromatic rings. The van der Waals surface area contributed by atoms with E-state index in [1.165, 1.54) is 116 Å². The molecule has 0 bridgehead atoms. The zero-order valence-electron chi connectivity index (χ0n) is 20.7. The lowest BCUT2D eigenvalue weighted by Gasteiger charge is -2.08. The average Bonchev–Trinajstić information content (AvgIpc) is 2.76. The van der Waals surface area contributed by atoms with Gasteiger partial charge in [-0.15, -0.1) is 0 Å². The number of carbonyl (C=O) groups is 1. The molecule has 32 heavy (non-hydrogen) atoms. The van der Waals surface area contributed by atoms with E-state index < -0.39 is 13.3 Å². The van der Waals surface area contributed by atoms with Crippen LogP contribution in [-0.4, -0.2) is 35.5 Å². The molecule has 0 fully saturated rings. The van der Waals surface area contributed by atoms with E-state index in [0.717, 1.165) is 12.8 Å². The first kappa shape index (κ1) is 31.6. The summed E-state index contributed by atoms with van der Waals surface area (Å²) in [5, 5.41) is 8.45. The largest absolute Gasteiger partial charge is 0.472 e. The summed E-state index contributed by atoms with van der Waals surface area (Å²) >= 11 is 0. The molecule has 6 nitrogen and oxygen atoms in total. The number of rotatable bonds is 26. The Bertz CT molecular complexity index is 458. The van der Waals surface area contributed by atoms with E-state index in [1.807, 2.05) is 0 Å². The summed E-state index contributed by atoms with van der Waals surface area (Å²) < 4.78 is 20.7. The van der Waals surface area contributed by atoms with Crippen LogP contribution in [0.15, 0.2) is 0 Å². The van der Waals surface area contributed by atoms with Crippen LogP contribution in [0.3, 0.4) is 0 Å². The third-order valence-electron chi connectivity index (χ3n) is 5.88. The molecule has 0 radical (unpaired) electrons. The maximum atomic E-state index is 11.0. The normalized spacial score (nSPS) is 13.3. The van der Waals surface area contributed by atoms with E-state index in [2.05, 4.69) is 11.4 Å². The van der Waals surface area contributed by atoms with Gasteiger partial charge in [-0.05, 0) is 6.42 Å². The van der Waals surface area contributed by atoms with Crippen molar-refractivity contribution in [3.05, 3.63) is 0 Å². The standard InChI is InChI=1S/C25H51O6P/c1-2-3-4-5-6-7-8-9-10-11-12-13-14-15-16-17-18-19-20-21-22-30-23-24-31-32(28,29)25(26)27/h2-24H2,1H3,(H,26,27)(H,28,29). The average molecular weight is 479 g/mol. The Kier molecular flexibility index (Phi) is 23.4. The summed E-state index contributed by atoms with van der Waals surface area (Å²) in [6.45, 7) is 2.81. The molecule has 0 aromatic heterocycles. The van der Waals surface area contributed by atoms with Crippen LogP contribution in [0.2, 0.25) is 0 Å². The molecule has 0 aliphatic heterocycles. The number of unbranched alkanes of at least 4 members (excludes halogenated alkanes) is 19. The fourth-order valence-electron chi connectivity index (χ4n) is 3.84. The highest BCUT2D eigenvalue weighted by Crippen LogP contribution is 2.42. The SMILES string of the molecule is CCCCCCCCCCCCCCCCCCCCCCOCCOP(=O)(O)C(=O)O. The third-order valence-corrected chi connectivity index (χ3v) is 6.89. The lowest BCUT2D eigenvalue weighted by Crippen LogP contribution is -2.07. The van der Waals surface area contributed by atoms with Gasteiger partial charge < -0.3 is 14.7 Å². The first-order valence-corrected chi connectivity index (χ1v) is 14.9. The van der Waals surface area contributed by atoms with E-state index in [4.69, 9.17) is 14.7 Å². The van der Waals surface area contributed by atoms with Crippen molar-refractivity contribution in [3.63, 3.8) is 0 Å². The van der Waals surface area contributed by atoms with Gasteiger partial charge in [0.25, 0.3) is 0 Å². The Hall–Kier alpha value is -0.420. The van der Waals surface area contributed by atoms with Crippen molar-refractivity contribution >= 4 is 13.3 Å². The van der Waals surface area contributed by atoms with E-state index in [1.54, 1.807) is 0 Å². The molecule has 1 unspecified atom stereocenters. The molecular weight excluding hydrogens is 427 g/mol. The smallest absolute Gasteiger partial charge is 0.435 e. The fourth-order valence-corrected chi connectivity index (χ4v) is 4.27. The summed E-state index contributed by atoms with van der Waals surface area (Å²) in [5.74, 6) is 0. The van der Waals surface area contributed by atoms with Crippen LogP contribution in [0.1, 0.15) is 135 Å². The third kappa shape index (κ3) is 22.8. The Morgan fingerprint density at radius 2 is 0.938 bits per heavy atom. The van der Waals surface area contributed by atoms with Gasteiger partial charge in [0, 0.05) is 6.61 Å². The first-order chi connectivity index (χ1) is 15.5. The molecule has 1 atom stereocenters. The number of ether oxygens (including phenoxy) is 1. The second-order valence-corrected chi connectivity index (χ2v) is 10.6. The Balaban J connectivity index is 3.11. The Morgan fingerprint density at radius 1 is 0.594 bits per heavy atom. The lowest BCUT2D eigenvalue weighted by atomic mass is 10.0. The van der Waals surface area contributed by atoms with Crippen molar-refractivity contribution in [3.8, 4) is 0 Å². The highest BCUT2D eigenvalue weighted by atomic mass is 31.2. The maximum Gasteiger partial charge on any atom is 0.435 e. The van der Waals surface area contributed by atoms with Crippen LogP contribution < -0.4 is 0 Å². The Labute approximate surface area is 197 Å². The van der Waals surface area contributed by atoms with Gasteiger partial charge in [0.2, 0.25) is 0 Å². The minimum absolute atomic E-state index is 0.136. The molecular formula is C25H51O6P. The van der Waals surface area contributed by atoms with Gasteiger partial charge in [0.1, 0.15) is 0 Å². The van der Waals surface area contributed by atoms with Crippen molar-refractivity contribution in [2.45, 2.75) is 135 Å². The van der Waals surface area contributed by atoms with E-state index >= 15 is 0 Å². The zero-order valence-corrected chi connectivity index (χ0v) is 21.6. The summed E-state index contributed by atoms with van der Waals surface area (Å²) in [4.78, 5) is 19.4. The predicted molar refractivity (Wildman–Crippen MR) is 133 cm³/mol. The molecule has 7 heteroatoms. The molecule has 0 aromatic carbocycles. The lowest BCUT2D eigenvalue weighted by molar-refractivity contribution is 0.0919. The van der Waals surface area contributed by atoms with Gasteiger partial charge in [-0.3, -0.25) is 4.52 Å². The highest BCUT2D eigenvalue weighted by molar-refractivity contribution is 7.70. The van der Waals surface area contributed by atoms with Crippen molar-refractivity contribution in [2.24, 2.45) is 0 Å². The topological polar surface area (TPSA) is 93.1 Å². The molecule has 0 spiro atoms. The minimum atomic E-state index is -4.53. The number of hydrogen-bond acceptors (Lipinski definition) is 4. The monoisotopic (exact) mass is 478 g/mol. The molecule has 0 rings (SSSR count). The van der Waals surface area contributed by atoms with Crippen molar-refractivity contribution < 1.29 is 28.6 Å². The van der Waals surface area contributed by atoms with E-state index in [9.17, 15) is 9.36 Å². The summed E-state index contributed by atoms with van der Waals surface area (Å²) in [6, 6.07) is 0. The van der Waals surface area contributed by atoms with Crippen LogP contribution in [0, 0.1) is 0 Å². The van der Waals surface area contributed by atoms with Crippen LogP contribution in [0.5, 0.6) is 0 Å². The molecule has 0 saturated heterocycles. The van der Waals surface area contributed by atoms with Crippen molar-refractivity contribution in [1.82, 2.24) is 0 Å². The predicted octanol–water partition coefficient (Wildman–Crippen LogP) is 8.70. The van der Waals surface area contributed by atoms with E-state index in [0.29, 0.717) is 6.61 Å². The number of hydrogen-bond donors (Lipinski definition) is 2. The van der Waals surface area contributed by atoms with Gasteiger partial charge in [-0.2, -0.15) is 0 Å².